The second kappa shape index (κ2) is 26.9. The lowest BCUT2D eigenvalue weighted by atomic mass is 9.87. The van der Waals surface area contributed by atoms with Gasteiger partial charge in [-0.1, -0.05) is 30.3 Å². The molecule has 1 aromatic heterocycles. The van der Waals surface area contributed by atoms with Gasteiger partial charge in [-0.25, -0.2) is 0 Å². The number of hydrogen-bond acceptors (Lipinski definition) is 12. The number of ether oxygens (including phenoxy) is 5. The Balaban J connectivity index is 1.02. The third-order valence-corrected chi connectivity index (χ3v) is 12.2. The topological polar surface area (TPSA) is 161 Å². The van der Waals surface area contributed by atoms with Crippen LogP contribution in [0.4, 0.5) is 11.4 Å². The number of methoxy groups -OCH3 is 1. The fraction of sp³-hybridized carbons (Fsp3) is 0.500. The number of carbonyl (C=O) groups excluding carboxylic acids is 4. The molecule has 2 N–H and O–H groups in total. The number of likely N-dealkylation sites (N-methyl/N-ethyl adjacent to an activating group) is 1. The van der Waals surface area contributed by atoms with E-state index in [1.54, 1.807) is 61.7 Å². The van der Waals surface area contributed by atoms with Gasteiger partial charge in [-0.2, -0.15) is 0 Å². The van der Waals surface area contributed by atoms with Gasteiger partial charge in [0.25, 0.3) is 17.7 Å². The molecule has 1 atom stereocenters. The van der Waals surface area contributed by atoms with Crippen LogP contribution in [-0.4, -0.2) is 144 Å². The van der Waals surface area contributed by atoms with Crippen molar-refractivity contribution >= 4 is 35.1 Å². The minimum Gasteiger partial charge on any atom is -0.460 e. The van der Waals surface area contributed by atoms with Gasteiger partial charge in [0.05, 0.1) is 70.1 Å². The normalized spacial score (nSPS) is 14.8. The maximum Gasteiger partial charge on any atom is 0.308 e. The molecule has 15 heteroatoms. The van der Waals surface area contributed by atoms with Crippen LogP contribution in [0, 0.1) is 0 Å². The molecule has 69 heavy (non-hydrogen) atoms. The number of hydrogen-bond donors (Lipinski definition) is 2. The SMILES string of the molecule is COCCN(CCOCCOCCOCCC(=O)OC(C)(C)C)CCN(C)C(=O)c1cccc(C(=O)Nc2ccc(N3CCCCC3)cc2-c2cc(C(=O)NC3CCCc4ccccc43)ccn2)c1. The van der Waals surface area contributed by atoms with Gasteiger partial charge in [0.15, 0.2) is 0 Å². The highest BCUT2D eigenvalue weighted by molar-refractivity contribution is 6.08. The highest BCUT2D eigenvalue weighted by Gasteiger charge is 2.24. The van der Waals surface area contributed by atoms with Gasteiger partial charge in [-0.05, 0) is 119 Å². The number of aryl methyl sites for hydroxylation is 1. The third-order valence-electron chi connectivity index (χ3n) is 12.2. The molecule has 2 heterocycles. The highest BCUT2D eigenvalue weighted by Crippen LogP contribution is 2.34. The Morgan fingerprint density at radius 2 is 1.43 bits per heavy atom. The van der Waals surface area contributed by atoms with E-state index in [0.29, 0.717) is 99.5 Å². The van der Waals surface area contributed by atoms with Gasteiger partial charge in [-0.15, -0.1) is 0 Å². The van der Waals surface area contributed by atoms with Crippen LogP contribution in [0.15, 0.2) is 85.1 Å². The molecule has 1 unspecified atom stereocenters. The standard InChI is InChI=1S/C54H72N6O9/c1-54(2,3)69-50(61)22-30-66-33-35-68-36-34-67-32-29-59(28-31-65-5)27-26-58(4)53(64)43-16-11-15-41(37-43)51(62)57-48-20-19-44(60-24-9-6-10-25-60)39-46(48)49-38-42(21-23-55-49)52(63)56-47-18-12-14-40-13-7-8-17-45(40)47/h7-8,11,13,15-17,19-21,23,37-39,47H,6,9-10,12,14,18,22,24-36H2,1-5H3,(H,56,63)(H,57,62). The average Bonchev–Trinajstić information content (AvgIpc) is 3.35. The largest absolute Gasteiger partial charge is 0.460 e. The number of nitrogens with one attached hydrogen (secondary N) is 2. The third kappa shape index (κ3) is 16.7. The molecule has 6 rings (SSSR count). The van der Waals surface area contributed by atoms with Crippen LogP contribution in [0.5, 0.6) is 0 Å². The number of piperidine rings is 1. The Labute approximate surface area is 408 Å². The van der Waals surface area contributed by atoms with E-state index in [2.05, 4.69) is 32.6 Å². The van der Waals surface area contributed by atoms with Crippen molar-refractivity contribution in [2.24, 2.45) is 0 Å². The lowest BCUT2D eigenvalue weighted by molar-refractivity contribution is -0.156. The molecule has 0 bridgehead atoms. The lowest BCUT2D eigenvalue weighted by Crippen LogP contribution is -2.39. The molecule has 0 spiro atoms. The zero-order valence-electron chi connectivity index (χ0n) is 41.3. The number of esters is 1. The number of rotatable bonds is 25. The van der Waals surface area contributed by atoms with Gasteiger partial charge >= 0.3 is 5.97 Å². The van der Waals surface area contributed by atoms with Crippen LogP contribution in [0.3, 0.4) is 0 Å². The summed E-state index contributed by atoms with van der Waals surface area (Å²) in [5, 5.41) is 6.38. The molecule has 0 saturated carbocycles. The number of pyridine rings is 1. The summed E-state index contributed by atoms with van der Waals surface area (Å²) in [5.74, 6) is -1.04. The second-order valence-corrected chi connectivity index (χ2v) is 18.6. The number of benzene rings is 3. The van der Waals surface area contributed by atoms with Crippen molar-refractivity contribution in [3.63, 3.8) is 0 Å². The molecule has 2 aliphatic rings. The minimum absolute atomic E-state index is 0.0679. The number of nitrogens with zero attached hydrogens (tertiary/aromatic N) is 4. The maximum absolute atomic E-state index is 14.0. The summed E-state index contributed by atoms with van der Waals surface area (Å²) < 4.78 is 27.5. The quantitative estimate of drug-likeness (QED) is 0.0496. The van der Waals surface area contributed by atoms with Crippen LogP contribution >= 0.6 is 0 Å². The zero-order valence-corrected chi connectivity index (χ0v) is 41.3. The number of anilines is 2. The van der Waals surface area contributed by atoms with E-state index in [0.717, 1.165) is 50.9 Å². The molecule has 4 aromatic rings. The van der Waals surface area contributed by atoms with Crippen LogP contribution in [-0.2, 0) is 34.9 Å². The Hall–Kier alpha value is -5.71. The van der Waals surface area contributed by atoms with Gasteiger partial charge in [-0.3, -0.25) is 29.1 Å². The van der Waals surface area contributed by atoms with Gasteiger partial charge < -0.3 is 44.1 Å². The second-order valence-electron chi connectivity index (χ2n) is 18.6. The van der Waals surface area contributed by atoms with E-state index in [1.807, 2.05) is 51.1 Å². The van der Waals surface area contributed by atoms with Crippen molar-refractivity contribution in [2.75, 3.05) is 110 Å². The zero-order chi connectivity index (χ0) is 49.0. The fourth-order valence-electron chi connectivity index (χ4n) is 8.51. The summed E-state index contributed by atoms with van der Waals surface area (Å²) in [6, 6.07) is 24.5. The molecule has 1 fully saturated rings. The molecule has 15 nitrogen and oxygen atoms in total. The Kier molecular flexibility index (Phi) is 20.5. The van der Waals surface area contributed by atoms with Crippen LogP contribution in [0.25, 0.3) is 11.3 Å². The van der Waals surface area contributed by atoms with E-state index in [1.165, 1.54) is 17.5 Å². The van der Waals surface area contributed by atoms with Gasteiger partial charge in [0.2, 0.25) is 0 Å². The molecule has 0 radical (unpaired) electrons. The van der Waals surface area contributed by atoms with E-state index in [-0.39, 0.29) is 42.8 Å². The predicted octanol–water partition coefficient (Wildman–Crippen LogP) is 7.60. The summed E-state index contributed by atoms with van der Waals surface area (Å²) in [5.41, 5.74) is 5.99. The van der Waals surface area contributed by atoms with Crippen molar-refractivity contribution in [3.8, 4) is 11.3 Å². The van der Waals surface area contributed by atoms with Crippen molar-refractivity contribution in [2.45, 2.75) is 77.4 Å². The number of aromatic nitrogens is 1. The summed E-state index contributed by atoms with van der Waals surface area (Å²) >= 11 is 0. The molecular formula is C54H72N6O9. The summed E-state index contributed by atoms with van der Waals surface area (Å²) in [6.45, 7) is 12.6. The fourth-order valence-corrected chi connectivity index (χ4v) is 8.51. The summed E-state index contributed by atoms with van der Waals surface area (Å²) in [7, 11) is 3.41. The van der Waals surface area contributed by atoms with Gasteiger partial charge in [0.1, 0.15) is 5.60 Å². The molecule has 1 aliphatic heterocycles. The summed E-state index contributed by atoms with van der Waals surface area (Å²) in [6.07, 6.45) is 8.14. The molecule has 3 amide bonds. The van der Waals surface area contributed by atoms with E-state index >= 15 is 0 Å². The first-order valence-electron chi connectivity index (χ1n) is 24.5. The molecule has 1 saturated heterocycles. The summed E-state index contributed by atoms with van der Waals surface area (Å²) in [4.78, 5) is 64.3. The lowest BCUT2D eigenvalue weighted by Gasteiger charge is -2.29. The van der Waals surface area contributed by atoms with Crippen LogP contribution < -0.4 is 15.5 Å². The molecule has 3 aromatic carbocycles. The Morgan fingerprint density at radius 3 is 2.20 bits per heavy atom. The predicted molar refractivity (Wildman–Crippen MR) is 268 cm³/mol. The van der Waals surface area contributed by atoms with Crippen LogP contribution in [0.2, 0.25) is 0 Å². The van der Waals surface area contributed by atoms with E-state index < -0.39 is 5.60 Å². The molecule has 372 valence electrons. The van der Waals surface area contributed by atoms with E-state index in [4.69, 9.17) is 28.7 Å². The Morgan fingerprint density at radius 1 is 0.725 bits per heavy atom. The number of carbonyl (C=O) groups is 4. The first-order chi connectivity index (χ1) is 33.4. The first kappa shape index (κ1) is 52.7. The Bertz CT molecular complexity index is 2290. The van der Waals surface area contributed by atoms with Crippen LogP contribution in [0.1, 0.15) is 108 Å². The van der Waals surface area contributed by atoms with Crippen molar-refractivity contribution < 1.29 is 42.9 Å². The van der Waals surface area contributed by atoms with Crippen molar-refractivity contribution in [1.82, 2.24) is 20.1 Å². The number of amides is 3. The monoisotopic (exact) mass is 949 g/mol. The molecular weight excluding hydrogens is 877 g/mol. The smallest absolute Gasteiger partial charge is 0.308 e. The number of fused-ring (bicyclic) bond motifs is 1. The van der Waals surface area contributed by atoms with E-state index in [9.17, 15) is 19.2 Å². The van der Waals surface area contributed by atoms with Gasteiger partial charge in [0, 0.05) is 87.6 Å². The minimum atomic E-state index is -0.511. The highest BCUT2D eigenvalue weighted by atomic mass is 16.6. The van der Waals surface area contributed by atoms with Crippen molar-refractivity contribution in [1.29, 1.82) is 0 Å². The average molecular weight is 949 g/mol. The first-order valence-corrected chi connectivity index (χ1v) is 24.5. The molecule has 1 aliphatic carbocycles. The maximum atomic E-state index is 14.0. The van der Waals surface area contributed by atoms with Crippen molar-refractivity contribution in [3.05, 3.63) is 113 Å².